The van der Waals surface area contributed by atoms with Crippen LogP contribution in [-0.2, 0) is 9.53 Å². The number of fused-ring (bicyclic) bond motifs is 2. The Morgan fingerprint density at radius 1 is 1.11 bits per heavy atom. The molecule has 1 aliphatic rings. The molecule has 5 rings (SSSR count). The van der Waals surface area contributed by atoms with Crippen molar-refractivity contribution in [1.29, 1.82) is 0 Å². The first kappa shape index (κ1) is 24.5. The molecule has 1 aliphatic heterocycles. The lowest BCUT2D eigenvalue weighted by Crippen LogP contribution is -2.40. The second-order valence-corrected chi connectivity index (χ2v) is 9.54. The minimum absolute atomic E-state index is 0.0334. The first-order valence-electron chi connectivity index (χ1n) is 12.1. The summed E-state index contributed by atoms with van der Waals surface area (Å²) < 4.78 is 12.9. The van der Waals surface area contributed by atoms with E-state index in [2.05, 4.69) is 4.99 Å². The molecule has 0 saturated carbocycles. The van der Waals surface area contributed by atoms with Gasteiger partial charge in [0, 0.05) is 0 Å². The van der Waals surface area contributed by atoms with Crippen LogP contribution in [0.3, 0.4) is 0 Å². The highest BCUT2D eigenvalue weighted by molar-refractivity contribution is 7.07. The van der Waals surface area contributed by atoms with Gasteiger partial charge in [-0.3, -0.25) is 9.36 Å². The molecule has 1 N–H and O–H groups in total. The van der Waals surface area contributed by atoms with E-state index in [1.54, 1.807) is 36.6 Å². The smallest absolute Gasteiger partial charge is 0.338 e. The molecule has 0 bridgehead atoms. The number of hydrogen-bond donors (Lipinski definition) is 1. The van der Waals surface area contributed by atoms with Crippen LogP contribution in [0.15, 0.2) is 81.7 Å². The van der Waals surface area contributed by atoms with Crippen LogP contribution in [0.2, 0.25) is 0 Å². The summed E-state index contributed by atoms with van der Waals surface area (Å²) in [5, 5.41) is 12.0. The Morgan fingerprint density at radius 3 is 2.68 bits per heavy atom. The fourth-order valence-electron chi connectivity index (χ4n) is 4.62. The van der Waals surface area contributed by atoms with E-state index in [-0.39, 0.29) is 17.9 Å². The Hall–Kier alpha value is -4.17. The van der Waals surface area contributed by atoms with Gasteiger partial charge < -0.3 is 14.6 Å². The quantitative estimate of drug-likeness (QED) is 0.392. The number of aromatic hydroxyl groups is 1. The SMILES string of the molecule is CCOC(=O)C1=C(C)N=c2s/c(=C/c3ccc(O)c(OCC)c3)c(=O)n2[C@@H]1c1cccc2ccccc12. The average molecular weight is 515 g/mol. The van der Waals surface area contributed by atoms with E-state index in [4.69, 9.17) is 9.47 Å². The number of esters is 1. The third-order valence-corrected chi connectivity index (χ3v) is 7.20. The van der Waals surface area contributed by atoms with Gasteiger partial charge in [0.15, 0.2) is 16.3 Å². The molecule has 8 heteroatoms. The second kappa shape index (κ2) is 10.1. The van der Waals surface area contributed by atoms with Crippen LogP contribution in [0.25, 0.3) is 16.8 Å². The summed E-state index contributed by atoms with van der Waals surface area (Å²) in [5.74, 6) is -0.111. The average Bonchev–Trinajstić information content (AvgIpc) is 3.19. The standard InChI is InChI=1S/C29H26N2O5S/c1-4-35-23-15-18(13-14-22(23)32)16-24-27(33)31-26(21-12-8-10-19-9-6-7-11-20(19)21)25(28(34)36-5-2)17(3)30-29(31)37-24/h6-16,26,32H,4-5H2,1-3H3/b24-16+/t26-/m1/s1. The van der Waals surface area contributed by atoms with E-state index in [1.807, 2.05) is 49.4 Å². The van der Waals surface area contributed by atoms with Gasteiger partial charge >= 0.3 is 5.97 Å². The van der Waals surface area contributed by atoms with Crippen molar-refractivity contribution in [3.05, 3.63) is 103 Å². The number of ether oxygens (including phenoxy) is 2. The van der Waals surface area contributed by atoms with Crippen molar-refractivity contribution in [3.8, 4) is 11.5 Å². The zero-order valence-corrected chi connectivity index (χ0v) is 21.5. The molecule has 1 aromatic heterocycles. The number of hydrogen-bond acceptors (Lipinski definition) is 7. The molecule has 4 aromatic rings. The van der Waals surface area contributed by atoms with Crippen molar-refractivity contribution in [1.82, 2.24) is 4.57 Å². The summed E-state index contributed by atoms with van der Waals surface area (Å²) in [6.45, 7) is 5.98. The number of aromatic nitrogens is 1. The summed E-state index contributed by atoms with van der Waals surface area (Å²) in [6.07, 6.45) is 1.75. The molecule has 0 amide bonds. The number of thiazole rings is 1. The lowest BCUT2D eigenvalue weighted by molar-refractivity contribution is -0.139. The van der Waals surface area contributed by atoms with Gasteiger partial charge in [0.25, 0.3) is 5.56 Å². The van der Waals surface area contributed by atoms with Crippen LogP contribution in [0.1, 0.15) is 37.9 Å². The largest absolute Gasteiger partial charge is 0.504 e. The molecule has 1 atom stereocenters. The summed E-state index contributed by atoms with van der Waals surface area (Å²) in [6, 6.07) is 18.0. The van der Waals surface area contributed by atoms with Crippen LogP contribution in [-0.4, -0.2) is 28.9 Å². The highest BCUT2D eigenvalue weighted by atomic mass is 32.1. The summed E-state index contributed by atoms with van der Waals surface area (Å²) >= 11 is 1.25. The van der Waals surface area contributed by atoms with Crippen molar-refractivity contribution in [2.45, 2.75) is 26.8 Å². The number of carbonyl (C=O) groups is 1. The lowest BCUT2D eigenvalue weighted by Gasteiger charge is -2.25. The summed E-state index contributed by atoms with van der Waals surface area (Å²) in [5.41, 5.74) is 2.14. The first-order chi connectivity index (χ1) is 17.9. The van der Waals surface area contributed by atoms with Crippen LogP contribution < -0.4 is 19.6 Å². The van der Waals surface area contributed by atoms with E-state index >= 15 is 0 Å². The van der Waals surface area contributed by atoms with Crippen molar-refractivity contribution >= 4 is 34.2 Å². The minimum Gasteiger partial charge on any atom is -0.504 e. The molecule has 0 spiro atoms. The van der Waals surface area contributed by atoms with Crippen molar-refractivity contribution in [2.24, 2.45) is 4.99 Å². The molecule has 2 heterocycles. The Balaban J connectivity index is 1.76. The molecule has 0 radical (unpaired) electrons. The van der Waals surface area contributed by atoms with Gasteiger partial charge in [-0.2, -0.15) is 0 Å². The van der Waals surface area contributed by atoms with Gasteiger partial charge in [-0.25, -0.2) is 9.79 Å². The number of allylic oxidation sites excluding steroid dienone is 1. The van der Waals surface area contributed by atoms with Gasteiger partial charge in [0.1, 0.15) is 0 Å². The monoisotopic (exact) mass is 514 g/mol. The maximum atomic E-state index is 13.9. The van der Waals surface area contributed by atoms with E-state index in [9.17, 15) is 14.7 Å². The highest BCUT2D eigenvalue weighted by Gasteiger charge is 2.34. The van der Waals surface area contributed by atoms with Crippen LogP contribution in [0, 0.1) is 0 Å². The molecule has 188 valence electrons. The zero-order chi connectivity index (χ0) is 26.1. The number of rotatable bonds is 6. The Morgan fingerprint density at radius 2 is 1.89 bits per heavy atom. The second-order valence-electron chi connectivity index (χ2n) is 8.53. The van der Waals surface area contributed by atoms with Crippen molar-refractivity contribution < 1.29 is 19.4 Å². The molecule has 3 aromatic carbocycles. The number of phenols is 1. The van der Waals surface area contributed by atoms with E-state index in [0.29, 0.717) is 38.5 Å². The maximum absolute atomic E-state index is 13.9. The first-order valence-corrected chi connectivity index (χ1v) is 12.9. The van der Waals surface area contributed by atoms with E-state index in [0.717, 1.165) is 16.3 Å². The van der Waals surface area contributed by atoms with Gasteiger partial charge in [0.05, 0.1) is 35.1 Å². The summed E-state index contributed by atoms with van der Waals surface area (Å²) in [4.78, 5) is 32.2. The fraction of sp³-hybridized carbons (Fsp3) is 0.207. The van der Waals surface area contributed by atoms with E-state index < -0.39 is 12.0 Å². The van der Waals surface area contributed by atoms with Crippen LogP contribution in [0.4, 0.5) is 0 Å². The Bertz CT molecular complexity index is 1730. The van der Waals surface area contributed by atoms with Gasteiger partial charge in [-0.05, 0) is 60.9 Å². The number of phenolic OH excluding ortho intramolecular Hbond substituents is 1. The minimum atomic E-state index is -0.692. The number of carbonyl (C=O) groups excluding carboxylic acids is 1. The molecule has 0 fully saturated rings. The molecule has 7 nitrogen and oxygen atoms in total. The Kier molecular flexibility index (Phi) is 6.67. The molecule has 37 heavy (non-hydrogen) atoms. The summed E-state index contributed by atoms with van der Waals surface area (Å²) in [7, 11) is 0. The van der Waals surface area contributed by atoms with Crippen molar-refractivity contribution in [3.63, 3.8) is 0 Å². The topological polar surface area (TPSA) is 90.1 Å². The molecular formula is C29H26N2O5S. The van der Waals surface area contributed by atoms with Crippen molar-refractivity contribution in [2.75, 3.05) is 13.2 Å². The van der Waals surface area contributed by atoms with Gasteiger partial charge in [-0.1, -0.05) is 59.9 Å². The Labute approximate surface area is 217 Å². The fourth-order valence-corrected chi connectivity index (χ4v) is 5.66. The third-order valence-electron chi connectivity index (χ3n) is 6.22. The predicted molar refractivity (Wildman–Crippen MR) is 144 cm³/mol. The lowest BCUT2D eigenvalue weighted by atomic mass is 9.91. The van der Waals surface area contributed by atoms with E-state index in [1.165, 1.54) is 17.4 Å². The van der Waals surface area contributed by atoms with Crippen LogP contribution >= 0.6 is 11.3 Å². The highest BCUT2D eigenvalue weighted by Crippen LogP contribution is 2.35. The number of nitrogens with zero attached hydrogens (tertiary/aromatic N) is 2. The van der Waals surface area contributed by atoms with Crippen LogP contribution in [0.5, 0.6) is 11.5 Å². The molecule has 0 saturated heterocycles. The van der Waals surface area contributed by atoms with Gasteiger partial charge in [-0.15, -0.1) is 0 Å². The number of benzene rings is 3. The molecule has 0 aliphatic carbocycles. The van der Waals surface area contributed by atoms with Gasteiger partial charge in [0.2, 0.25) is 0 Å². The zero-order valence-electron chi connectivity index (χ0n) is 20.7. The maximum Gasteiger partial charge on any atom is 0.338 e. The molecular weight excluding hydrogens is 488 g/mol. The third kappa shape index (κ3) is 4.44. The molecule has 0 unspecified atom stereocenters. The normalized spacial score (nSPS) is 15.4. The predicted octanol–water partition coefficient (Wildman–Crippen LogP) is 4.06.